The van der Waals surface area contributed by atoms with Crippen LogP contribution in [0.25, 0.3) is 0 Å². The Kier molecular flexibility index (Phi) is 11.9. The highest BCUT2D eigenvalue weighted by Crippen LogP contribution is 2.26. The van der Waals surface area contributed by atoms with E-state index in [0.29, 0.717) is 12.8 Å². The smallest absolute Gasteiger partial charge is 0.408 e. The van der Waals surface area contributed by atoms with Crippen LogP contribution in [0, 0.1) is 5.92 Å². The number of epoxide rings is 1. The second-order valence-corrected chi connectivity index (χ2v) is 11.2. The summed E-state index contributed by atoms with van der Waals surface area (Å²) in [5.74, 6) is -1.53. The standard InChI is InChI=1S/C34H40N4O6/c1-23(2)20-27(32(40)37-38-33(41)30-29(44-30)19-18-24-12-6-3-7-13-24)35-31(39)28(21-25-14-8-4-9-15-25)36-34(42)43-22-26-16-10-5-11-17-26/h3-17,23,27-30H,18-22H2,1-2H3,(H,35,39)(H,36,42)(H,37,40)(H,38,41)/t27-,28-,29?,30?/m0/s1. The zero-order valence-electron chi connectivity index (χ0n) is 25.0. The molecule has 1 fully saturated rings. The van der Waals surface area contributed by atoms with Gasteiger partial charge >= 0.3 is 6.09 Å². The van der Waals surface area contributed by atoms with Crippen molar-refractivity contribution in [3.8, 4) is 0 Å². The first-order chi connectivity index (χ1) is 21.3. The topological polar surface area (TPSA) is 138 Å². The number of nitrogens with one attached hydrogen (secondary N) is 4. The summed E-state index contributed by atoms with van der Waals surface area (Å²) in [6.45, 7) is 3.88. The number of ether oxygens (including phenoxy) is 2. The minimum Gasteiger partial charge on any atom is -0.445 e. The van der Waals surface area contributed by atoms with Crippen LogP contribution >= 0.6 is 0 Å². The van der Waals surface area contributed by atoms with E-state index in [9.17, 15) is 19.2 Å². The molecule has 0 spiro atoms. The molecule has 1 aliphatic heterocycles. The van der Waals surface area contributed by atoms with Crippen molar-refractivity contribution < 1.29 is 28.7 Å². The number of carbonyl (C=O) groups is 4. The average molecular weight is 601 g/mol. The summed E-state index contributed by atoms with van der Waals surface area (Å²) in [6, 6.07) is 26.4. The number of amides is 4. The molecule has 0 saturated carbocycles. The van der Waals surface area contributed by atoms with Crippen molar-refractivity contribution in [3.63, 3.8) is 0 Å². The van der Waals surface area contributed by atoms with E-state index in [1.54, 1.807) is 0 Å². The fourth-order valence-electron chi connectivity index (χ4n) is 4.77. The number of hydrogen-bond donors (Lipinski definition) is 4. The Labute approximate surface area is 257 Å². The summed E-state index contributed by atoms with van der Waals surface area (Å²) in [7, 11) is 0. The molecule has 4 amide bonds. The van der Waals surface area contributed by atoms with Crippen LogP contribution in [0.15, 0.2) is 91.0 Å². The van der Waals surface area contributed by atoms with Crippen LogP contribution in [-0.2, 0) is 43.3 Å². The summed E-state index contributed by atoms with van der Waals surface area (Å²) in [4.78, 5) is 51.9. The molecule has 0 bridgehead atoms. The Balaban J connectivity index is 1.31. The van der Waals surface area contributed by atoms with Gasteiger partial charge in [-0.15, -0.1) is 0 Å². The molecule has 10 heteroatoms. The minimum absolute atomic E-state index is 0.0439. The highest BCUT2D eigenvalue weighted by molar-refractivity contribution is 5.93. The molecule has 3 aromatic rings. The molecule has 10 nitrogen and oxygen atoms in total. The molecular weight excluding hydrogens is 560 g/mol. The van der Waals surface area contributed by atoms with Gasteiger partial charge in [-0.2, -0.15) is 0 Å². The largest absolute Gasteiger partial charge is 0.445 e. The molecule has 4 atom stereocenters. The van der Waals surface area contributed by atoms with Crippen molar-refractivity contribution in [2.75, 3.05) is 0 Å². The maximum atomic E-state index is 13.5. The lowest BCUT2D eigenvalue weighted by Crippen LogP contribution is -2.57. The van der Waals surface area contributed by atoms with Crippen molar-refractivity contribution in [1.29, 1.82) is 0 Å². The molecule has 1 aliphatic rings. The van der Waals surface area contributed by atoms with E-state index >= 15 is 0 Å². The maximum Gasteiger partial charge on any atom is 0.408 e. The van der Waals surface area contributed by atoms with Gasteiger partial charge in [0.2, 0.25) is 5.91 Å². The Bertz CT molecular complexity index is 1370. The summed E-state index contributed by atoms with van der Waals surface area (Å²) >= 11 is 0. The maximum absolute atomic E-state index is 13.5. The van der Waals surface area contributed by atoms with E-state index in [1.807, 2.05) is 105 Å². The molecule has 0 radical (unpaired) electrons. The van der Waals surface area contributed by atoms with Crippen LogP contribution in [0.5, 0.6) is 0 Å². The van der Waals surface area contributed by atoms with Gasteiger partial charge in [0.25, 0.3) is 11.8 Å². The molecule has 0 aliphatic carbocycles. The summed E-state index contributed by atoms with van der Waals surface area (Å²) < 4.78 is 10.8. The molecule has 232 valence electrons. The van der Waals surface area contributed by atoms with Gasteiger partial charge in [-0.25, -0.2) is 4.79 Å². The lowest BCUT2D eigenvalue weighted by Gasteiger charge is -2.24. The van der Waals surface area contributed by atoms with Crippen molar-refractivity contribution in [2.45, 2.75) is 70.4 Å². The molecule has 4 N–H and O–H groups in total. The first-order valence-corrected chi connectivity index (χ1v) is 14.9. The number of hydrazine groups is 1. The zero-order valence-corrected chi connectivity index (χ0v) is 25.0. The molecule has 2 unspecified atom stereocenters. The normalized spacial score (nSPS) is 16.7. The summed E-state index contributed by atoms with van der Waals surface area (Å²) in [6.07, 6.45) is 0.345. The molecule has 1 saturated heterocycles. The van der Waals surface area contributed by atoms with E-state index in [2.05, 4.69) is 21.5 Å². The van der Waals surface area contributed by atoms with E-state index in [4.69, 9.17) is 9.47 Å². The molecule has 0 aromatic heterocycles. The first kappa shape index (κ1) is 32.2. The van der Waals surface area contributed by atoms with Gasteiger partial charge in [0, 0.05) is 6.42 Å². The Morgan fingerprint density at radius 3 is 1.93 bits per heavy atom. The monoisotopic (exact) mass is 600 g/mol. The summed E-state index contributed by atoms with van der Waals surface area (Å²) in [5, 5.41) is 5.40. The van der Waals surface area contributed by atoms with Gasteiger partial charge in [-0.05, 0) is 41.9 Å². The van der Waals surface area contributed by atoms with Gasteiger partial charge in [0.15, 0.2) is 6.10 Å². The fourth-order valence-corrected chi connectivity index (χ4v) is 4.77. The molecule has 3 aromatic carbocycles. The Morgan fingerprint density at radius 2 is 1.32 bits per heavy atom. The van der Waals surface area contributed by atoms with Crippen molar-refractivity contribution in [3.05, 3.63) is 108 Å². The third kappa shape index (κ3) is 10.5. The van der Waals surface area contributed by atoms with Crippen molar-refractivity contribution in [1.82, 2.24) is 21.5 Å². The van der Waals surface area contributed by atoms with Gasteiger partial charge in [0.1, 0.15) is 18.7 Å². The number of rotatable bonds is 14. The quantitative estimate of drug-likeness (QED) is 0.165. The van der Waals surface area contributed by atoms with Gasteiger partial charge in [-0.1, -0.05) is 105 Å². The fraction of sp³-hybridized carbons (Fsp3) is 0.353. The molecule has 44 heavy (non-hydrogen) atoms. The SMILES string of the molecule is CC(C)C[C@H](NC(=O)[C@H](Cc1ccccc1)NC(=O)OCc1ccccc1)C(=O)NNC(=O)C1OC1CCc1ccccc1. The number of benzene rings is 3. The highest BCUT2D eigenvalue weighted by Gasteiger charge is 2.44. The predicted octanol–water partition coefficient (Wildman–Crippen LogP) is 3.60. The Morgan fingerprint density at radius 1 is 0.727 bits per heavy atom. The second kappa shape index (κ2) is 16.2. The number of carbonyl (C=O) groups excluding carboxylic acids is 4. The van der Waals surface area contributed by atoms with Crippen LogP contribution in [0.4, 0.5) is 4.79 Å². The average Bonchev–Trinajstić information content (AvgIpc) is 3.82. The molecular formula is C34H40N4O6. The van der Waals surface area contributed by atoms with Gasteiger partial charge in [-0.3, -0.25) is 25.2 Å². The number of aryl methyl sites for hydroxylation is 1. The number of alkyl carbamates (subject to hydrolysis) is 1. The van der Waals surface area contributed by atoms with Gasteiger partial charge in [0.05, 0.1) is 6.10 Å². The van der Waals surface area contributed by atoms with E-state index in [-0.39, 0.29) is 25.0 Å². The van der Waals surface area contributed by atoms with Crippen molar-refractivity contribution in [2.24, 2.45) is 5.92 Å². The predicted molar refractivity (Wildman–Crippen MR) is 165 cm³/mol. The van der Waals surface area contributed by atoms with Crippen LogP contribution in [0.1, 0.15) is 43.4 Å². The van der Waals surface area contributed by atoms with Crippen LogP contribution in [0.3, 0.4) is 0 Å². The van der Waals surface area contributed by atoms with E-state index in [0.717, 1.165) is 23.1 Å². The van der Waals surface area contributed by atoms with E-state index < -0.39 is 42.0 Å². The highest BCUT2D eigenvalue weighted by atomic mass is 16.6. The minimum atomic E-state index is -1.01. The second-order valence-electron chi connectivity index (χ2n) is 11.2. The zero-order chi connectivity index (χ0) is 31.3. The Hall–Kier alpha value is -4.70. The van der Waals surface area contributed by atoms with Crippen LogP contribution < -0.4 is 21.5 Å². The van der Waals surface area contributed by atoms with Crippen LogP contribution in [-0.4, -0.2) is 48.1 Å². The third-order valence-electron chi connectivity index (χ3n) is 7.15. The van der Waals surface area contributed by atoms with E-state index in [1.165, 1.54) is 0 Å². The lowest BCUT2D eigenvalue weighted by molar-refractivity contribution is -0.133. The van der Waals surface area contributed by atoms with Crippen LogP contribution in [0.2, 0.25) is 0 Å². The van der Waals surface area contributed by atoms with Gasteiger partial charge < -0.3 is 20.1 Å². The third-order valence-corrected chi connectivity index (χ3v) is 7.15. The first-order valence-electron chi connectivity index (χ1n) is 14.9. The number of hydrogen-bond acceptors (Lipinski definition) is 6. The molecule has 4 rings (SSSR count). The van der Waals surface area contributed by atoms with Crippen molar-refractivity contribution >= 4 is 23.8 Å². The molecule has 1 heterocycles. The lowest BCUT2D eigenvalue weighted by atomic mass is 10.0. The summed E-state index contributed by atoms with van der Waals surface area (Å²) in [5.41, 5.74) is 7.65.